The van der Waals surface area contributed by atoms with E-state index in [-0.39, 0.29) is 11.4 Å². The van der Waals surface area contributed by atoms with Crippen molar-refractivity contribution in [1.82, 2.24) is 5.32 Å². The largest absolute Gasteiger partial charge is 0.506 e. The number of nitro benzene ring substituents is 1. The number of carbonyl (C=O) groups is 1. The number of para-hydroxylation sites is 2. The van der Waals surface area contributed by atoms with Gasteiger partial charge in [-0.3, -0.25) is 14.9 Å². The molecule has 126 valence electrons. The zero-order valence-corrected chi connectivity index (χ0v) is 13.9. The van der Waals surface area contributed by atoms with Gasteiger partial charge in [-0.2, -0.15) is 0 Å². The molecule has 2 aromatic rings. The van der Waals surface area contributed by atoms with E-state index in [2.05, 4.69) is 10.3 Å². The summed E-state index contributed by atoms with van der Waals surface area (Å²) >= 11 is 1.06. The number of aliphatic imine (C=N–C) groups is 1. The molecule has 0 saturated carbocycles. The van der Waals surface area contributed by atoms with Gasteiger partial charge < -0.3 is 10.4 Å². The normalized spacial score (nSPS) is 17.1. The Morgan fingerprint density at radius 1 is 1.24 bits per heavy atom. The van der Waals surface area contributed by atoms with Gasteiger partial charge in [0.15, 0.2) is 5.17 Å². The second kappa shape index (κ2) is 6.78. The summed E-state index contributed by atoms with van der Waals surface area (Å²) in [5.41, 5.74) is 1.39. The van der Waals surface area contributed by atoms with E-state index in [9.17, 15) is 20.0 Å². The molecular formula is C17H13N3O4S. The molecule has 1 aliphatic heterocycles. The number of hydrogen-bond acceptors (Lipinski definition) is 6. The van der Waals surface area contributed by atoms with Gasteiger partial charge in [0, 0.05) is 6.07 Å². The maximum Gasteiger partial charge on any atom is 0.276 e. The molecule has 1 saturated heterocycles. The first-order chi connectivity index (χ1) is 12.0. The van der Waals surface area contributed by atoms with Crippen LogP contribution in [0.5, 0.6) is 5.75 Å². The third-order valence-corrected chi connectivity index (χ3v) is 4.41. The molecule has 0 spiro atoms. The van der Waals surface area contributed by atoms with Gasteiger partial charge in [0.25, 0.3) is 11.6 Å². The average Bonchev–Trinajstić information content (AvgIpc) is 2.91. The van der Waals surface area contributed by atoms with E-state index in [0.717, 1.165) is 17.3 Å². The van der Waals surface area contributed by atoms with Gasteiger partial charge in [-0.05, 0) is 42.5 Å². The summed E-state index contributed by atoms with van der Waals surface area (Å²) in [6.45, 7) is 1.80. The fourth-order valence-electron chi connectivity index (χ4n) is 2.29. The monoisotopic (exact) mass is 355 g/mol. The number of aryl methyl sites for hydroxylation is 1. The Morgan fingerprint density at radius 3 is 2.72 bits per heavy atom. The zero-order valence-electron chi connectivity index (χ0n) is 13.1. The molecule has 1 fully saturated rings. The third-order valence-electron chi connectivity index (χ3n) is 3.50. The molecule has 0 aliphatic carbocycles. The van der Waals surface area contributed by atoms with Gasteiger partial charge in [0.2, 0.25) is 0 Å². The van der Waals surface area contributed by atoms with Crippen molar-refractivity contribution in [3.05, 3.63) is 68.6 Å². The minimum atomic E-state index is -0.496. The molecule has 7 nitrogen and oxygen atoms in total. The Morgan fingerprint density at radius 2 is 2.00 bits per heavy atom. The molecule has 0 radical (unpaired) electrons. The van der Waals surface area contributed by atoms with Gasteiger partial charge >= 0.3 is 0 Å². The van der Waals surface area contributed by atoms with Gasteiger partial charge in [-0.1, -0.05) is 24.3 Å². The lowest BCUT2D eigenvalue weighted by atomic mass is 10.1. The second-order valence-corrected chi connectivity index (χ2v) is 6.27. The van der Waals surface area contributed by atoms with Gasteiger partial charge in [0.1, 0.15) is 11.4 Å². The van der Waals surface area contributed by atoms with E-state index in [1.54, 1.807) is 37.3 Å². The highest BCUT2D eigenvalue weighted by Gasteiger charge is 2.25. The van der Waals surface area contributed by atoms with Gasteiger partial charge in [0.05, 0.1) is 15.4 Å². The zero-order chi connectivity index (χ0) is 18.0. The van der Waals surface area contributed by atoms with E-state index >= 15 is 0 Å². The maximum absolute atomic E-state index is 12.1. The summed E-state index contributed by atoms with van der Waals surface area (Å²) in [7, 11) is 0. The average molecular weight is 355 g/mol. The van der Waals surface area contributed by atoms with E-state index in [4.69, 9.17) is 0 Å². The third kappa shape index (κ3) is 3.53. The minimum Gasteiger partial charge on any atom is -0.506 e. The SMILES string of the molecule is Cc1cccc(O)c1N=C1NC(=O)/C(=C/c2ccccc2[N+](=O)[O-])S1. The smallest absolute Gasteiger partial charge is 0.276 e. The van der Waals surface area contributed by atoms with E-state index in [1.807, 2.05) is 0 Å². The quantitative estimate of drug-likeness (QED) is 0.498. The molecular weight excluding hydrogens is 342 g/mol. The summed E-state index contributed by atoms with van der Waals surface area (Å²) in [5, 5.41) is 23.9. The van der Waals surface area contributed by atoms with Crippen molar-refractivity contribution in [2.75, 3.05) is 0 Å². The van der Waals surface area contributed by atoms with Crippen molar-refractivity contribution in [3.63, 3.8) is 0 Å². The van der Waals surface area contributed by atoms with Crippen LogP contribution in [0, 0.1) is 17.0 Å². The molecule has 0 bridgehead atoms. The summed E-state index contributed by atoms with van der Waals surface area (Å²) < 4.78 is 0. The lowest BCUT2D eigenvalue weighted by molar-refractivity contribution is -0.385. The molecule has 3 rings (SSSR count). The van der Waals surface area contributed by atoms with Crippen molar-refractivity contribution in [1.29, 1.82) is 0 Å². The predicted octanol–water partition coefficient (Wildman–Crippen LogP) is 3.50. The molecule has 0 aromatic heterocycles. The Bertz CT molecular complexity index is 917. The molecule has 1 heterocycles. The van der Waals surface area contributed by atoms with Crippen LogP contribution in [0.15, 0.2) is 52.4 Å². The highest BCUT2D eigenvalue weighted by Crippen LogP contribution is 2.34. The number of phenols is 1. The highest BCUT2D eigenvalue weighted by molar-refractivity contribution is 8.18. The first kappa shape index (κ1) is 16.7. The maximum atomic E-state index is 12.1. The first-order valence-electron chi connectivity index (χ1n) is 7.27. The Kier molecular flexibility index (Phi) is 4.53. The van der Waals surface area contributed by atoms with Crippen LogP contribution in [0.2, 0.25) is 0 Å². The Labute approximate surface area is 147 Å². The van der Waals surface area contributed by atoms with Crippen LogP contribution in [0.1, 0.15) is 11.1 Å². The summed E-state index contributed by atoms with van der Waals surface area (Å²) in [6, 6.07) is 11.2. The van der Waals surface area contributed by atoms with Crippen LogP contribution >= 0.6 is 11.8 Å². The van der Waals surface area contributed by atoms with Crippen LogP contribution in [-0.2, 0) is 4.79 Å². The molecule has 2 aromatic carbocycles. The molecule has 8 heteroatoms. The van der Waals surface area contributed by atoms with Crippen LogP contribution in [0.4, 0.5) is 11.4 Å². The number of phenolic OH excluding ortho intramolecular Hbond substituents is 1. The molecule has 2 N–H and O–H groups in total. The number of nitro groups is 1. The number of hydrogen-bond donors (Lipinski definition) is 2. The Balaban J connectivity index is 1.94. The van der Waals surface area contributed by atoms with Crippen molar-refractivity contribution in [2.45, 2.75) is 6.92 Å². The topological polar surface area (TPSA) is 105 Å². The van der Waals surface area contributed by atoms with E-state index < -0.39 is 10.8 Å². The first-order valence-corrected chi connectivity index (χ1v) is 8.09. The number of amidine groups is 1. The number of rotatable bonds is 3. The summed E-state index contributed by atoms with van der Waals surface area (Å²) in [6.07, 6.45) is 1.46. The highest BCUT2D eigenvalue weighted by atomic mass is 32.2. The summed E-state index contributed by atoms with van der Waals surface area (Å²) in [5.74, 6) is -0.381. The number of benzene rings is 2. The number of amides is 1. The lowest BCUT2D eigenvalue weighted by Gasteiger charge is -2.03. The van der Waals surface area contributed by atoms with Crippen molar-refractivity contribution >= 4 is 40.3 Å². The fourth-order valence-corrected chi connectivity index (χ4v) is 3.11. The van der Waals surface area contributed by atoms with Gasteiger partial charge in [-0.25, -0.2) is 4.99 Å². The standard InChI is InChI=1S/C17H13N3O4S/c1-10-5-4-8-13(21)15(10)18-17-19-16(22)14(25-17)9-11-6-2-3-7-12(11)20(23)24/h2-9,21H,1H3,(H,18,19,22)/b14-9-. The number of aromatic hydroxyl groups is 1. The second-order valence-electron chi connectivity index (χ2n) is 5.24. The van der Waals surface area contributed by atoms with Crippen molar-refractivity contribution in [3.8, 4) is 5.75 Å². The van der Waals surface area contributed by atoms with Gasteiger partial charge in [-0.15, -0.1) is 0 Å². The number of nitrogens with zero attached hydrogens (tertiary/aromatic N) is 2. The molecule has 0 atom stereocenters. The van der Waals surface area contributed by atoms with Crippen molar-refractivity contribution in [2.24, 2.45) is 4.99 Å². The van der Waals surface area contributed by atoms with Crippen LogP contribution < -0.4 is 5.32 Å². The molecule has 0 unspecified atom stereocenters. The van der Waals surface area contributed by atoms with Crippen LogP contribution in [-0.4, -0.2) is 21.1 Å². The molecule has 25 heavy (non-hydrogen) atoms. The van der Waals surface area contributed by atoms with Crippen LogP contribution in [0.3, 0.4) is 0 Å². The summed E-state index contributed by atoms with van der Waals surface area (Å²) in [4.78, 5) is 27.3. The molecule has 1 amide bonds. The molecule has 1 aliphatic rings. The predicted molar refractivity (Wildman–Crippen MR) is 96.7 cm³/mol. The van der Waals surface area contributed by atoms with E-state index in [1.165, 1.54) is 18.2 Å². The Hall–Kier alpha value is -3.13. The van der Waals surface area contributed by atoms with E-state index in [0.29, 0.717) is 21.3 Å². The van der Waals surface area contributed by atoms with Crippen LogP contribution in [0.25, 0.3) is 6.08 Å². The number of thioether (sulfide) groups is 1. The number of nitrogens with one attached hydrogen (secondary N) is 1. The van der Waals surface area contributed by atoms with Crippen molar-refractivity contribution < 1.29 is 14.8 Å². The fraction of sp³-hybridized carbons (Fsp3) is 0.0588. The number of carbonyl (C=O) groups excluding carboxylic acids is 1. The lowest BCUT2D eigenvalue weighted by Crippen LogP contribution is -2.19. The minimum absolute atomic E-state index is 0.0125.